The van der Waals surface area contributed by atoms with Crippen LogP contribution in [0.5, 0.6) is 0 Å². The summed E-state index contributed by atoms with van der Waals surface area (Å²) in [5, 5.41) is 6.01. The van der Waals surface area contributed by atoms with Crippen molar-refractivity contribution in [3.63, 3.8) is 0 Å². The normalized spacial score (nSPS) is 14.0. The zero-order valence-electron chi connectivity index (χ0n) is 19.6. The van der Waals surface area contributed by atoms with Crippen LogP contribution >= 0.6 is 12.2 Å². The molecule has 5 nitrogen and oxygen atoms in total. The number of thiocarbonyl (C=S) groups is 1. The lowest BCUT2D eigenvalue weighted by Crippen LogP contribution is -2.35. The first-order valence-electron chi connectivity index (χ1n) is 11.3. The smallest absolute Gasteiger partial charge is 0.250 e. The average molecular weight is 454 g/mol. The first-order valence-corrected chi connectivity index (χ1v) is 11.7. The fourth-order valence-corrected chi connectivity index (χ4v) is 3.41. The van der Waals surface area contributed by atoms with Crippen LogP contribution in [-0.4, -0.2) is 42.2 Å². The highest BCUT2D eigenvalue weighted by Crippen LogP contribution is 2.15. The van der Waals surface area contributed by atoms with Crippen LogP contribution in [0.2, 0.25) is 0 Å². The molecule has 172 valence electrons. The van der Waals surface area contributed by atoms with E-state index >= 15 is 0 Å². The van der Waals surface area contributed by atoms with Gasteiger partial charge in [0.25, 0.3) is 0 Å². The van der Waals surface area contributed by atoms with Gasteiger partial charge in [0.05, 0.1) is 13.2 Å². The van der Waals surface area contributed by atoms with Crippen LogP contribution in [-0.2, 0) is 16.1 Å². The first kappa shape index (κ1) is 25.7. The number of benzene rings is 2. The number of morpholine rings is 1. The van der Waals surface area contributed by atoms with Crippen molar-refractivity contribution in [3.8, 4) is 0 Å². The van der Waals surface area contributed by atoms with E-state index in [-0.39, 0.29) is 11.0 Å². The molecule has 0 bridgehead atoms. The summed E-state index contributed by atoms with van der Waals surface area (Å²) in [6.45, 7) is 12.7. The molecule has 0 unspecified atom stereocenters. The second kappa shape index (κ2) is 13.8. The third-order valence-electron chi connectivity index (χ3n) is 4.99. The lowest BCUT2D eigenvalue weighted by atomic mass is 10.0. The molecule has 0 atom stereocenters. The predicted molar refractivity (Wildman–Crippen MR) is 138 cm³/mol. The minimum atomic E-state index is -0.260. The molecule has 1 saturated heterocycles. The summed E-state index contributed by atoms with van der Waals surface area (Å²) in [5.41, 5.74) is 4.34. The zero-order valence-corrected chi connectivity index (χ0v) is 20.4. The van der Waals surface area contributed by atoms with Crippen molar-refractivity contribution < 1.29 is 9.53 Å². The molecular formula is C26H35N3O2S. The molecule has 1 fully saturated rings. The van der Waals surface area contributed by atoms with E-state index in [2.05, 4.69) is 53.6 Å². The molecule has 0 aromatic heterocycles. The molecule has 2 N–H and O–H groups in total. The maximum absolute atomic E-state index is 12.1. The Hall–Kier alpha value is -2.54. The topological polar surface area (TPSA) is 53.6 Å². The van der Waals surface area contributed by atoms with Gasteiger partial charge in [-0.15, -0.1) is 0 Å². The van der Waals surface area contributed by atoms with E-state index in [1.54, 1.807) is 6.08 Å². The number of anilines is 1. The van der Waals surface area contributed by atoms with Crippen molar-refractivity contribution >= 4 is 35.0 Å². The van der Waals surface area contributed by atoms with Gasteiger partial charge in [-0.3, -0.25) is 15.0 Å². The summed E-state index contributed by atoms with van der Waals surface area (Å²) in [7, 11) is 0. The van der Waals surface area contributed by atoms with Crippen molar-refractivity contribution in [2.75, 3.05) is 31.6 Å². The van der Waals surface area contributed by atoms with Gasteiger partial charge < -0.3 is 10.1 Å². The number of carbonyl (C=O) groups excluding carboxylic acids is 1. The third-order valence-corrected chi connectivity index (χ3v) is 5.19. The second-order valence-corrected chi connectivity index (χ2v) is 8.09. The van der Waals surface area contributed by atoms with E-state index in [9.17, 15) is 4.79 Å². The maximum atomic E-state index is 12.1. The van der Waals surface area contributed by atoms with E-state index in [0.717, 1.165) is 44.1 Å². The monoisotopic (exact) mass is 453 g/mol. The largest absolute Gasteiger partial charge is 0.379 e. The van der Waals surface area contributed by atoms with E-state index < -0.39 is 0 Å². The van der Waals surface area contributed by atoms with Crippen LogP contribution in [0.4, 0.5) is 5.69 Å². The number of hydrogen-bond donors (Lipinski definition) is 2. The number of ether oxygens (including phenoxy) is 1. The van der Waals surface area contributed by atoms with Crippen molar-refractivity contribution in [2.24, 2.45) is 0 Å². The summed E-state index contributed by atoms with van der Waals surface area (Å²) in [5.74, 6) is 0.229. The fourth-order valence-electron chi connectivity index (χ4n) is 3.19. The summed E-state index contributed by atoms with van der Waals surface area (Å²) < 4.78 is 5.38. The molecule has 2 aromatic carbocycles. The van der Waals surface area contributed by atoms with Gasteiger partial charge in [-0.1, -0.05) is 64.1 Å². The van der Waals surface area contributed by atoms with E-state index in [0.29, 0.717) is 5.92 Å². The zero-order chi connectivity index (χ0) is 23.3. The Kier molecular flexibility index (Phi) is 11.1. The van der Waals surface area contributed by atoms with E-state index in [1.165, 1.54) is 17.2 Å². The Bertz CT molecular complexity index is 871. The van der Waals surface area contributed by atoms with E-state index in [1.807, 2.05) is 38.1 Å². The Morgan fingerprint density at radius 1 is 1.06 bits per heavy atom. The molecule has 6 heteroatoms. The molecule has 3 rings (SSSR count). The number of rotatable bonds is 6. The standard InChI is InChI=1S/C24H29N3O2S.C2H6/c1-18(2)21-8-3-19(4-9-21)7-12-23(28)26-24(30)25-22-10-5-20(6-11-22)17-27-13-15-29-16-14-27;1-2/h3-12,18H,13-17H2,1-2H3,(H2,25,26,28,30);1-2H3/b12-7+;. The molecule has 0 spiro atoms. The van der Waals surface area contributed by atoms with Gasteiger partial charge in [0.2, 0.25) is 5.91 Å². The summed E-state index contributed by atoms with van der Waals surface area (Å²) >= 11 is 5.25. The van der Waals surface area contributed by atoms with Gasteiger partial charge in [0.15, 0.2) is 5.11 Å². The molecule has 32 heavy (non-hydrogen) atoms. The summed E-state index contributed by atoms with van der Waals surface area (Å²) in [6.07, 6.45) is 3.27. The molecule has 1 aliphatic rings. The summed E-state index contributed by atoms with van der Waals surface area (Å²) in [4.78, 5) is 14.5. The number of hydrogen-bond acceptors (Lipinski definition) is 4. The van der Waals surface area contributed by atoms with Gasteiger partial charge in [0.1, 0.15) is 0 Å². The highest BCUT2D eigenvalue weighted by Gasteiger charge is 2.10. The molecule has 2 aromatic rings. The molecule has 0 radical (unpaired) electrons. The van der Waals surface area contributed by atoms with Gasteiger partial charge in [-0.2, -0.15) is 0 Å². The average Bonchev–Trinajstić information content (AvgIpc) is 2.81. The highest BCUT2D eigenvalue weighted by atomic mass is 32.1. The second-order valence-electron chi connectivity index (χ2n) is 7.68. The van der Waals surface area contributed by atoms with Crippen LogP contribution in [0.15, 0.2) is 54.6 Å². The number of nitrogens with one attached hydrogen (secondary N) is 2. The minimum Gasteiger partial charge on any atom is -0.379 e. The molecular weight excluding hydrogens is 418 g/mol. The Morgan fingerprint density at radius 3 is 2.28 bits per heavy atom. The van der Waals surface area contributed by atoms with Gasteiger partial charge in [0, 0.05) is 31.4 Å². The van der Waals surface area contributed by atoms with Crippen LogP contribution in [0, 0.1) is 0 Å². The van der Waals surface area contributed by atoms with Crippen LogP contribution in [0.1, 0.15) is 50.3 Å². The SMILES string of the molecule is CC.CC(C)c1ccc(/C=C/C(=O)NC(=S)Nc2ccc(CN3CCOCC3)cc2)cc1. The molecule has 1 amide bonds. The number of nitrogens with zero attached hydrogens (tertiary/aromatic N) is 1. The predicted octanol–water partition coefficient (Wildman–Crippen LogP) is 5.19. The van der Waals surface area contributed by atoms with Gasteiger partial charge in [-0.05, 0) is 53.0 Å². The van der Waals surface area contributed by atoms with Gasteiger partial charge >= 0.3 is 0 Å². The van der Waals surface area contributed by atoms with Crippen molar-refractivity contribution in [1.82, 2.24) is 10.2 Å². The fraction of sp³-hybridized carbons (Fsp3) is 0.385. The summed E-state index contributed by atoms with van der Waals surface area (Å²) in [6, 6.07) is 16.3. The van der Waals surface area contributed by atoms with Crippen LogP contribution < -0.4 is 10.6 Å². The number of amides is 1. The Balaban J connectivity index is 0.00000176. The molecule has 0 saturated carbocycles. The van der Waals surface area contributed by atoms with Gasteiger partial charge in [-0.25, -0.2) is 0 Å². The third kappa shape index (κ3) is 8.91. The minimum absolute atomic E-state index is 0.260. The lowest BCUT2D eigenvalue weighted by Gasteiger charge is -2.26. The Morgan fingerprint density at radius 2 is 1.69 bits per heavy atom. The van der Waals surface area contributed by atoms with Crippen molar-refractivity contribution in [3.05, 3.63) is 71.3 Å². The van der Waals surface area contributed by atoms with Crippen LogP contribution in [0.3, 0.4) is 0 Å². The van der Waals surface area contributed by atoms with Crippen LogP contribution in [0.25, 0.3) is 6.08 Å². The molecule has 1 heterocycles. The number of carbonyl (C=O) groups is 1. The quantitative estimate of drug-likeness (QED) is 0.465. The molecule has 0 aliphatic carbocycles. The highest BCUT2D eigenvalue weighted by molar-refractivity contribution is 7.80. The van der Waals surface area contributed by atoms with E-state index in [4.69, 9.17) is 17.0 Å². The first-order chi connectivity index (χ1) is 15.5. The maximum Gasteiger partial charge on any atom is 0.250 e. The molecule has 1 aliphatic heterocycles. The Labute approximate surface area is 197 Å². The van der Waals surface area contributed by atoms with Crippen molar-refractivity contribution in [2.45, 2.75) is 40.2 Å². The van der Waals surface area contributed by atoms with Crippen molar-refractivity contribution in [1.29, 1.82) is 0 Å². The lowest BCUT2D eigenvalue weighted by molar-refractivity contribution is -0.115.